The largest absolute Gasteiger partial charge is 0.505 e. The average molecular weight is 506 g/mol. The molecule has 0 unspecified atom stereocenters. The lowest BCUT2D eigenvalue weighted by atomic mass is 9.99. The fraction of sp³-hybridized carbons (Fsp3) is 0.148. The second-order valence-corrected chi connectivity index (χ2v) is 7.78. The highest BCUT2D eigenvalue weighted by Gasteiger charge is 2.30. The molecule has 0 heterocycles. The molecule has 2 amide bonds. The number of nitrogens with zero attached hydrogens (tertiary/aromatic N) is 1. The number of amides is 2. The summed E-state index contributed by atoms with van der Waals surface area (Å²) in [7, 11) is 0. The highest BCUT2D eigenvalue weighted by atomic mass is 19.1. The van der Waals surface area contributed by atoms with Crippen molar-refractivity contribution in [2.24, 2.45) is 0 Å². The van der Waals surface area contributed by atoms with Gasteiger partial charge < -0.3 is 14.6 Å². The molecule has 4 N–H and O–H groups in total. The van der Waals surface area contributed by atoms with Crippen LogP contribution < -0.4 is 15.5 Å². The Balaban J connectivity index is 1.89. The molecule has 37 heavy (non-hydrogen) atoms. The highest BCUT2D eigenvalue weighted by Crippen LogP contribution is 2.31. The topological polar surface area (TPSA) is 141 Å². The summed E-state index contributed by atoms with van der Waals surface area (Å²) in [6.07, 6.45) is 0.295. The Bertz CT molecular complexity index is 1280. The van der Waals surface area contributed by atoms with Crippen LogP contribution >= 0.6 is 0 Å². The third kappa shape index (κ3) is 8.09. The van der Waals surface area contributed by atoms with E-state index in [9.17, 15) is 19.1 Å². The minimum Gasteiger partial charge on any atom is -0.505 e. The molecule has 3 aromatic rings. The van der Waals surface area contributed by atoms with Gasteiger partial charge in [0.2, 0.25) is 0 Å². The minimum absolute atomic E-state index is 0.224. The number of para-hydroxylation sites is 1. The molecule has 0 aromatic heterocycles. The van der Waals surface area contributed by atoms with E-state index in [0.29, 0.717) is 17.0 Å². The quantitative estimate of drug-likeness (QED) is 0.173. The minimum atomic E-state index is -1.13. The number of anilines is 1. The standard InChI is InChI=1S/C27H24FN3O6/c28-22-16-19(12-15-23(22)32)26(37-27(34)30-20-13-10-18(17-29)11-14-20)24(8-4-5-9-25(33)31-35)36-21-6-2-1-3-7-21/h1-3,5-7,9-16,24,26,32,35H,4,8H2,(H,30,34)(H,31,33)/b9-5+/t24-,26-/m1/s1. The first-order valence-corrected chi connectivity index (χ1v) is 11.2. The van der Waals surface area contributed by atoms with Crippen LogP contribution in [0.25, 0.3) is 0 Å². The Morgan fingerprint density at radius 3 is 2.46 bits per heavy atom. The fourth-order valence-electron chi connectivity index (χ4n) is 3.38. The number of nitrogens with one attached hydrogen (secondary N) is 2. The molecule has 0 aliphatic rings. The predicted molar refractivity (Wildman–Crippen MR) is 131 cm³/mol. The summed E-state index contributed by atoms with van der Waals surface area (Å²) in [6.45, 7) is 0. The molecule has 0 saturated heterocycles. The van der Waals surface area contributed by atoms with Crippen LogP contribution in [0.4, 0.5) is 14.9 Å². The molecular weight excluding hydrogens is 481 g/mol. The van der Waals surface area contributed by atoms with E-state index in [1.165, 1.54) is 41.9 Å². The van der Waals surface area contributed by atoms with Gasteiger partial charge in [0.15, 0.2) is 17.7 Å². The first kappa shape index (κ1) is 26.7. The molecule has 10 heteroatoms. The van der Waals surface area contributed by atoms with Crippen LogP contribution in [0.2, 0.25) is 0 Å². The number of allylic oxidation sites excluding steroid dienone is 1. The van der Waals surface area contributed by atoms with Gasteiger partial charge in [0.25, 0.3) is 5.91 Å². The van der Waals surface area contributed by atoms with Gasteiger partial charge in [-0.25, -0.2) is 14.7 Å². The maximum absolute atomic E-state index is 14.3. The number of nitriles is 1. The molecule has 0 aliphatic carbocycles. The number of phenolic OH excluding ortho intramolecular Hbond substituents is 1. The van der Waals surface area contributed by atoms with Crippen molar-refractivity contribution in [1.29, 1.82) is 5.26 Å². The normalized spacial score (nSPS) is 12.2. The second-order valence-electron chi connectivity index (χ2n) is 7.78. The van der Waals surface area contributed by atoms with E-state index < -0.39 is 35.8 Å². The summed E-state index contributed by atoms with van der Waals surface area (Å²) >= 11 is 0. The van der Waals surface area contributed by atoms with E-state index in [4.69, 9.17) is 19.9 Å². The molecular formula is C27H24FN3O6. The van der Waals surface area contributed by atoms with Crippen LogP contribution in [0.1, 0.15) is 30.1 Å². The van der Waals surface area contributed by atoms with E-state index in [1.807, 2.05) is 6.07 Å². The van der Waals surface area contributed by atoms with Gasteiger partial charge >= 0.3 is 6.09 Å². The number of ether oxygens (including phenoxy) is 2. The summed E-state index contributed by atoms with van der Waals surface area (Å²) in [5.74, 6) is -1.72. The maximum atomic E-state index is 14.3. The van der Waals surface area contributed by atoms with Crippen LogP contribution in [0.5, 0.6) is 11.5 Å². The van der Waals surface area contributed by atoms with E-state index in [2.05, 4.69) is 5.32 Å². The van der Waals surface area contributed by atoms with Crippen LogP contribution in [0, 0.1) is 17.1 Å². The summed E-state index contributed by atoms with van der Waals surface area (Å²) in [5, 5.41) is 29.8. The van der Waals surface area contributed by atoms with Gasteiger partial charge in [-0.3, -0.25) is 15.3 Å². The summed E-state index contributed by atoms with van der Waals surface area (Å²) in [4.78, 5) is 24.1. The Morgan fingerprint density at radius 1 is 1.08 bits per heavy atom. The van der Waals surface area contributed by atoms with Crippen LogP contribution in [-0.2, 0) is 9.53 Å². The molecule has 3 rings (SSSR count). The lowest BCUT2D eigenvalue weighted by molar-refractivity contribution is -0.124. The SMILES string of the molecule is N#Cc1ccc(NC(=O)O[C@H](c2ccc(O)c(F)c2)[C@@H](CC/C=C/C(=O)NO)Oc2ccccc2)cc1. The first-order chi connectivity index (χ1) is 17.9. The summed E-state index contributed by atoms with van der Waals surface area (Å²) in [5.41, 5.74) is 2.50. The average Bonchev–Trinajstić information content (AvgIpc) is 2.91. The monoisotopic (exact) mass is 505 g/mol. The van der Waals surface area contributed by atoms with Crippen molar-refractivity contribution in [3.63, 3.8) is 0 Å². The van der Waals surface area contributed by atoms with Gasteiger partial charge in [-0.1, -0.05) is 30.3 Å². The number of aromatic hydroxyl groups is 1. The maximum Gasteiger partial charge on any atom is 0.412 e. The third-order valence-electron chi connectivity index (χ3n) is 5.16. The second kappa shape index (κ2) is 13.3. The molecule has 0 fully saturated rings. The number of carbonyl (C=O) groups excluding carboxylic acids is 2. The van der Waals surface area contributed by atoms with Gasteiger partial charge in [-0.15, -0.1) is 0 Å². The van der Waals surface area contributed by atoms with Crippen molar-refractivity contribution in [3.05, 3.63) is 102 Å². The van der Waals surface area contributed by atoms with Gasteiger partial charge in [0.1, 0.15) is 11.9 Å². The third-order valence-corrected chi connectivity index (χ3v) is 5.16. The number of hydrogen-bond donors (Lipinski definition) is 4. The molecule has 0 bridgehead atoms. The first-order valence-electron chi connectivity index (χ1n) is 11.2. The lowest BCUT2D eigenvalue weighted by Crippen LogP contribution is -2.31. The van der Waals surface area contributed by atoms with Crippen molar-refractivity contribution >= 4 is 17.7 Å². The Hall–Kier alpha value is -4.88. The Morgan fingerprint density at radius 2 is 1.81 bits per heavy atom. The Labute approximate surface area is 212 Å². The summed E-state index contributed by atoms with van der Waals surface area (Å²) in [6, 6.07) is 20.4. The molecule has 0 aliphatic heterocycles. The van der Waals surface area contributed by atoms with Crippen molar-refractivity contribution in [1.82, 2.24) is 5.48 Å². The van der Waals surface area contributed by atoms with Crippen LogP contribution in [-0.4, -0.2) is 28.4 Å². The Kier molecular flexibility index (Phi) is 9.59. The predicted octanol–water partition coefficient (Wildman–Crippen LogP) is 4.98. The molecule has 3 aromatic carbocycles. The van der Waals surface area contributed by atoms with Gasteiger partial charge in [-0.05, 0) is 66.9 Å². The number of halogens is 1. The van der Waals surface area contributed by atoms with E-state index >= 15 is 0 Å². The lowest BCUT2D eigenvalue weighted by Gasteiger charge is -2.28. The van der Waals surface area contributed by atoms with Crippen LogP contribution in [0.15, 0.2) is 84.9 Å². The number of phenols is 1. The molecule has 190 valence electrons. The fourth-order valence-corrected chi connectivity index (χ4v) is 3.38. The number of carbonyl (C=O) groups is 2. The van der Waals surface area contributed by atoms with Gasteiger partial charge in [0, 0.05) is 11.8 Å². The molecule has 0 spiro atoms. The van der Waals surface area contributed by atoms with Gasteiger partial charge in [0.05, 0.1) is 11.6 Å². The smallest absolute Gasteiger partial charge is 0.412 e. The number of hydroxylamine groups is 1. The molecule has 9 nitrogen and oxygen atoms in total. The van der Waals surface area contributed by atoms with Gasteiger partial charge in [-0.2, -0.15) is 5.26 Å². The van der Waals surface area contributed by atoms with Crippen molar-refractivity contribution in [2.75, 3.05) is 5.32 Å². The summed E-state index contributed by atoms with van der Waals surface area (Å²) < 4.78 is 26.1. The van der Waals surface area contributed by atoms with Crippen molar-refractivity contribution < 1.29 is 33.8 Å². The zero-order valence-corrected chi connectivity index (χ0v) is 19.5. The molecule has 0 saturated carbocycles. The van der Waals surface area contributed by atoms with E-state index in [1.54, 1.807) is 30.3 Å². The number of hydrogen-bond acceptors (Lipinski definition) is 7. The zero-order valence-electron chi connectivity index (χ0n) is 19.5. The highest BCUT2D eigenvalue weighted by molar-refractivity contribution is 5.86. The van der Waals surface area contributed by atoms with E-state index in [-0.39, 0.29) is 18.4 Å². The molecule has 2 atom stereocenters. The van der Waals surface area contributed by atoms with Crippen molar-refractivity contribution in [2.45, 2.75) is 25.0 Å². The van der Waals surface area contributed by atoms with E-state index in [0.717, 1.165) is 18.2 Å². The van der Waals surface area contributed by atoms with Crippen molar-refractivity contribution in [3.8, 4) is 17.6 Å². The number of rotatable bonds is 10. The number of benzene rings is 3. The molecule has 0 radical (unpaired) electrons. The van der Waals surface area contributed by atoms with Crippen LogP contribution in [0.3, 0.4) is 0 Å². The zero-order chi connectivity index (χ0) is 26.6.